The summed E-state index contributed by atoms with van der Waals surface area (Å²) in [5.74, 6) is 3.31. The third-order valence-electron chi connectivity index (χ3n) is 3.27. The number of benzene rings is 2. The molecule has 0 unspecified atom stereocenters. The standard InChI is InChI=1S/C17H17NO2/c1-4-10-18(2)17(19)12-14-7-5-6-13-11-15(20-3)8-9-16(13)14/h1,5-9,11H,10,12H2,2-3H3. The minimum absolute atomic E-state index is 0.0197. The molecule has 0 aliphatic rings. The molecule has 0 fully saturated rings. The summed E-state index contributed by atoms with van der Waals surface area (Å²) >= 11 is 0. The van der Waals surface area contributed by atoms with Crippen molar-refractivity contribution in [3.05, 3.63) is 42.0 Å². The number of ether oxygens (including phenoxy) is 1. The summed E-state index contributed by atoms with van der Waals surface area (Å²) in [5.41, 5.74) is 0.999. The summed E-state index contributed by atoms with van der Waals surface area (Å²) in [6.45, 7) is 0.331. The monoisotopic (exact) mass is 267 g/mol. The first-order chi connectivity index (χ1) is 9.65. The molecule has 0 spiro atoms. The zero-order valence-electron chi connectivity index (χ0n) is 11.7. The van der Waals surface area contributed by atoms with E-state index in [-0.39, 0.29) is 5.91 Å². The van der Waals surface area contributed by atoms with E-state index in [1.165, 1.54) is 0 Å². The van der Waals surface area contributed by atoms with E-state index in [2.05, 4.69) is 5.92 Å². The number of nitrogens with zero attached hydrogens (tertiary/aromatic N) is 1. The molecule has 2 aromatic carbocycles. The van der Waals surface area contributed by atoms with Gasteiger partial charge in [0.05, 0.1) is 20.1 Å². The fraction of sp³-hybridized carbons (Fsp3) is 0.235. The maximum atomic E-state index is 12.1. The molecule has 0 N–H and O–H groups in total. The first kappa shape index (κ1) is 14.0. The molecule has 0 saturated heterocycles. The number of hydrogen-bond acceptors (Lipinski definition) is 2. The van der Waals surface area contributed by atoms with Crippen molar-refractivity contribution in [1.82, 2.24) is 4.90 Å². The van der Waals surface area contributed by atoms with Gasteiger partial charge in [-0.15, -0.1) is 6.42 Å². The van der Waals surface area contributed by atoms with Gasteiger partial charge in [-0.05, 0) is 28.5 Å². The first-order valence-corrected chi connectivity index (χ1v) is 6.38. The quantitative estimate of drug-likeness (QED) is 0.796. The fourth-order valence-electron chi connectivity index (χ4n) is 2.13. The SMILES string of the molecule is C#CCN(C)C(=O)Cc1cccc2cc(OC)ccc12. The number of carbonyl (C=O) groups is 1. The molecule has 0 aromatic heterocycles. The Kier molecular flexibility index (Phi) is 4.27. The van der Waals surface area contributed by atoms with E-state index in [1.807, 2.05) is 36.4 Å². The van der Waals surface area contributed by atoms with Crippen LogP contribution in [0.3, 0.4) is 0 Å². The van der Waals surface area contributed by atoms with Gasteiger partial charge in [-0.3, -0.25) is 4.79 Å². The summed E-state index contributed by atoms with van der Waals surface area (Å²) in [5, 5.41) is 2.13. The summed E-state index contributed by atoms with van der Waals surface area (Å²) in [4.78, 5) is 13.6. The number of rotatable bonds is 4. The van der Waals surface area contributed by atoms with Crippen LogP contribution in [-0.4, -0.2) is 31.5 Å². The maximum absolute atomic E-state index is 12.1. The van der Waals surface area contributed by atoms with Crippen LogP contribution in [0.25, 0.3) is 10.8 Å². The predicted octanol–water partition coefficient (Wildman–Crippen LogP) is 2.48. The highest BCUT2D eigenvalue weighted by Gasteiger charge is 2.11. The Labute approximate surface area is 119 Å². The minimum atomic E-state index is 0.0197. The average molecular weight is 267 g/mol. The largest absolute Gasteiger partial charge is 0.497 e. The topological polar surface area (TPSA) is 29.5 Å². The van der Waals surface area contributed by atoms with Gasteiger partial charge in [-0.25, -0.2) is 0 Å². The molecule has 0 aliphatic carbocycles. The molecule has 20 heavy (non-hydrogen) atoms. The Bertz CT molecular complexity index is 670. The summed E-state index contributed by atoms with van der Waals surface area (Å²) in [6.07, 6.45) is 5.57. The van der Waals surface area contributed by atoms with Gasteiger partial charge in [0, 0.05) is 7.05 Å². The van der Waals surface area contributed by atoms with E-state index in [9.17, 15) is 4.79 Å². The normalized spacial score (nSPS) is 10.1. The predicted molar refractivity (Wildman–Crippen MR) is 80.7 cm³/mol. The van der Waals surface area contributed by atoms with E-state index in [4.69, 9.17) is 11.2 Å². The van der Waals surface area contributed by atoms with Gasteiger partial charge >= 0.3 is 0 Å². The molecule has 2 aromatic rings. The van der Waals surface area contributed by atoms with Crippen LogP contribution in [0.4, 0.5) is 0 Å². The van der Waals surface area contributed by atoms with Crippen LogP contribution < -0.4 is 4.74 Å². The summed E-state index contributed by atoms with van der Waals surface area (Å²) in [6, 6.07) is 11.8. The average Bonchev–Trinajstić information content (AvgIpc) is 2.47. The van der Waals surface area contributed by atoms with Crippen molar-refractivity contribution in [2.75, 3.05) is 20.7 Å². The summed E-state index contributed by atoms with van der Waals surface area (Å²) < 4.78 is 5.22. The second kappa shape index (κ2) is 6.12. The Morgan fingerprint density at radius 2 is 2.15 bits per heavy atom. The number of hydrogen-bond donors (Lipinski definition) is 0. The van der Waals surface area contributed by atoms with Crippen molar-refractivity contribution in [3.63, 3.8) is 0 Å². The van der Waals surface area contributed by atoms with Gasteiger partial charge in [0.1, 0.15) is 5.75 Å². The van der Waals surface area contributed by atoms with E-state index in [0.29, 0.717) is 13.0 Å². The zero-order chi connectivity index (χ0) is 14.5. The van der Waals surface area contributed by atoms with E-state index in [1.54, 1.807) is 19.1 Å². The number of methoxy groups -OCH3 is 1. The zero-order valence-corrected chi connectivity index (χ0v) is 11.7. The molecule has 102 valence electrons. The van der Waals surface area contributed by atoms with Crippen LogP contribution >= 0.6 is 0 Å². The molecule has 0 radical (unpaired) electrons. The van der Waals surface area contributed by atoms with Crippen molar-refractivity contribution in [2.45, 2.75) is 6.42 Å². The number of likely N-dealkylation sites (N-methyl/N-ethyl adjacent to an activating group) is 1. The van der Waals surface area contributed by atoms with Gasteiger partial charge in [0.25, 0.3) is 0 Å². The number of carbonyl (C=O) groups excluding carboxylic acids is 1. The lowest BCUT2D eigenvalue weighted by molar-refractivity contribution is -0.128. The lowest BCUT2D eigenvalue weighted by atomic mass is 10.0. The molecule has 0 heterocycles. The third kappa shape index (κ3) is 2.92. The van der Waals surface area contributed by atoms with Crippen molar-refractivity contribution >= 4 is 16.7 Å². The Morgan fingerprint density at radius 1 is 1.35 bits per heavy atom. The van der Waals surface area contributed by atoms with Gasteiger partial charge < -0.3 is 9.64 Å². The molecule has 0 saturated carbocycles. The Morgan fingerprint density at radius 3 is 2.85 bits per heavy atom. The lowest BCUT2D eigenvalue weighted by Gasteiger charge is -2.15. The lowest BCUT2D eigenvalue weighted by Crippen LogP contribution is -2.28. The van der Waals surface area contributed by atoms with Crippen LogP contribution in [0.1, 0.15) is 5.56 Å². The molecular formula is C17H17NO2. The highest BCUT2D eigenvalue weighted by Crippen LogP contribution is 2.24. The summed E-state index contributed by atoms with van der Waals surface area (Å²) in [7, 11) is 3.36. The van der Waals surface area contributed by atoms with Crippen molar-refractivity contribution < 1.29 is 9.53 Å². The second-order valence-electron chi connectivity index (χ2n) is 4.63. The van der Waals surface area contributed by atoms with Crippen LogP contribution in [0.15, 0.2) is 36.4 Å². The highest BCUT2D eigenvalue weighted by atomic mass is 16.5. The molecule has 0 bridgehead atoms. The first-order valence-electron chi connectivity index (χ1n) is 6.38. The van der Waals surface area contributed by atoms with Crippen LogP contribution in [0.5, 0.6) is 5.75 Å². The van der Waals surface area contributed by atoms with E-state index in [0.717, 1.165) is 22.1 Å². The molecule has 0 atom stereocenters. The second-order valence-corrected chi connectivity index (χ2v) is 4.63. The molecular weight excluding hydrogens is 250 g/mol. The van der Waals surface area contributed by atoms with Gasteiger partial charge in [-0.1, -0.05) is 30.2 Å². The smallest absolute Gasteiger partial charge is 0.227 e. The van der Waals surface area contributed by atoms with E-state index < -0.39 is 0 Å². The van der Waals surface area contributed by atoms with Crippen molar-refractivity contribution in [1.29, 1.82) is 0 Å². The van der Waals surface area contributed by atoms with E-state index >= 15 is 0 Å². The van der Waals surface area contributed by atoms with Gasteiger partial charge in [0.15, 0.2) is 0 Å². The van der Waals surface area contributed by atoms with Gasteiger partial charge in [-0.2, -0.15) is 0 Å². The van der Waals surface area contributed by atoms with Crippen molar-refractivity contribution in [3.8, 4) is 18.1 Å². The van der Waals surface area contributed by atoms with Crippen molar-refractivity contribution in [2.24, 2.45) is 0 Å². The van der Waals surface area contributed by atoms with Crippen LogP contribution in [0.2, 0.25) is 0 Å². The molecule has 2 rings (SSSR count). The molecule has 3 heteroatoms. The third-order valence-corrected chi connectivity index (χ3v) is 3.27. The number of fused-ring (bicyclic) bond motifs is 1. The van der Waals surface area contributed by atoms with Gasteiger partial charge in [0.2, 0.25) is 5.91 Å². The maximum Gasteiger partial charge on any atom is 0.227 e. The Balaban J connectivity index is 2.31. The minimum Gasteiger partial charge on any atom is -0.497 e. The number of terminal acetylenes is 1. The molecule has 3 nitrogen and oxygen atoms in total. The Hall–Kier alpha value is -2.47. The number of amides is 1. The van der Waals surface area contributed by atoms with Crippen LogP contribution in [-0.2, 0) is 11.2 Å². The van der Waals surface area contributed by atoms with Crippen LogP contribution in [0, 0.1) is 12.3 Å². The highest BCUT2D eigenvalue weighted by molar-refractivity contribution is 5.91. The molecule has 0 aliphatic heterocycles. The molecule has 1 amide bonds. The fourth-order valence-corrected chi connectivity index (χ4v) is 2.13.